The van der Waals surface area contributed by atoms with Gasteiger partial charge in [-0.15, -0.1) is 0 Å². The molecule has 0 heterocycles. The van der Waals surface area contributed by atoms with Crippen molar-refractivity contribution >= 4 is 5.78 Å². The van der Waals surface area contributed by atoms with E-state index in [1.807, 2.05) is 0 Å². The van der Waals surface area contributed by atoms with Gasteiger partial charge < -0.3 is 0 Å². The molecule has 3 fully saturated rings. The highest BCUT2D eigenvalue weighted by Crippen LogP contribution is 2.64. The molecule has 0 N–H and O–H groups in total. The van der Waals surface area contributed by atoms with Crippen LogP contribution >= 0.6 is 0 Å². The van der Waals surface area contributed by atoms with Crippen LogP contribution in [0.3, 0.4) is 0 Å². The molecule has 4 rings (SSSR count). The van der Waals surface area contributed by atoms with Gasteiger partial charge in [-0.1, -0.05) is 25.0 Å². The molecular formula is C20H29FO. The first-order valence-electron chi connectivity index (χ1n) is 9.40. The molecule has 0 aromatic carbocycles. The third kappa shape index (κ3) is 1.85. The predicted molar refractivity (Wildman–Crippen MR) is 86.2 cm³/mol. The van der Waals surface area contributed by atoms with Crippen molar-refractivity contribution < 1.29 is 9.18 Å². The number of carbonyl (C=O) groups is 1. The average molecular weight is 304 g/mol. The van der Waals surface area contributed by atoms with Gasteiger partial charge in [0.1, 0.15) is 5.78 Å². The van der Waals surface area contributed by atoms with Crippen molar-refractivity contribution in [2.24, 2.45) is 28.6 Å². The molecule has 0 aromatic heterocycles. The first kappa shape index (κ1) is 14.9. The van der Waals surface area contributed by atoms with E-state index in [-0.39, 0.29) is 12.1 Å². The summed E-state index contributed by atoms with van der Waals surface area (Å²) in [5.74, 6) is 2.23. The first-order chi connectivity index (χ1) is 10.6. The Hall–Kier alpha value is -0.660. The zero-order valence-electron chi connectivity index (χ0n) is 13.9. The number of rotatable bonds is 2. The molecule has 0 spiro atoms. The minimum atomic E-state index is -0.321. The van der Waals surface area contributed by atoms with E-state index in [9.17, 15) is 9.18 Å². The smallest absolute Gasteiger partial charge is 0.139 e. The van der Waals surface area contributed by atoms with E-state index in [2.05, 4.69) is 13.0 Å². The minimum Gasteiger partial charge on any atom is -0.299 e. The molecule has 4 aliphatic carbocycles. The summed E-state index contributed by atoms with van der Waals surface area (Å²) >= 11 is 0. The van der Waals surface area contributed by atoms with E-state index < -0.39 is 0 Å². The van der Waals surface area contributed by atoms with Crippen molar-refractivity contribution in [3.8, 4) is 0 Å². The van der Waals surface area contributed by atoms with Crippen LogP contribution in [0.25, 0.3) is 0 Å². The van der Waals surface area contributed by atoms with Gasteiger partial charge in [0.25, 0.3) is 0 Å². The second-order valence-corrected chi connectivity index (χ2v) is 8.56. The fraction of sp³-hybridized carbons (Fsp3) is 0.850. The maximum absolute atomic E-state index is 13.2. The lowest BCUT2D eigenvalue weighted by atomic mass is 9.47. The maximum Gasteiger partial charge on any atom is 0.139 e. The molecule has 0 radical (unpaired) electrons. The predicted octanol–water partition coefficient (Wildman–Crippen LogP) is 5.25. The van der Waals surface area contributed by atoms with Crippen molar-refractivity contribution in [1.82, 2.24) is 0 Å². The van der Waals surface area contributed by atoms with E-state index >= 15 is 0 Å². The molecule has 4 aliphatic rings. The normalized spacial score (nSPS) is 47.5. The summed E-state index contributed by atoms with van der Waals surface area (Å²) in [6, 6.07) is 0. The maximum atomic E-state index is 13.2. The molecule has 1 nitrogen and oxygen atoms in total. The van der Waals surface area contributed by atoms with Gasteiger partial charge in [-0.05, 0) is 74.5 Å². The van der Waals surface area contributed by atoms with Crippen LogP contribution in [-0.4, -0.2) is 12.5 Å². The van der Waals surface area contributed by atoms with Gasteiger partial charge in [-0.2, -0.15) is 0 Å². The number of allylic oxidation sites excluding steroid dienone is 2. The molecule has 5 atom stereocenters. The van der Waals surface area contributed by atoms with Crippen LogP contribution in [0.15, 0.2) is 11.6 Å². The van der Waals surface area contributed by atoms with Gasteiger partial charge in [0.2, 0.25) is 0 Å². The Morgan fingerprint density at radius 2 is 2.05 bits per heavy atom. The number of alkyl halides is 1. The highest BCUT2D eigenvalue weighted by Gasteiger charge is 2.59. The molecule has 0 unspecified atom stereocenters. The quantitative estimate of drug-likeness (QED) is 0.637. The van der Waals surface area contributed by atoms with Crippen molar-refractivity contribution in [1.29, 1.82) is 0 Å². The van der Waals surface area contributed by atoms with Gasteiger partial charge in [-0.3, -0.25) is 9.18 Å². The monoisotopic (exact) mass is 304 g/mol. The van der Waals surface area contributed by atoms with E-state index in [1.54, 1.807) is 5.57 Å². The third-order valence-corrected chi connectivity index (χ3v) is 8.00. The highest BCUT2D eigenvalue weighted by molar-refractivity contribution is 5.87. The standard InChI is InChI=1S/C20H29FO/c1-19-10-3-2-4-14(19)5-6-15-16(19)9-11-20(12-13-21)17(15)7-8-18(20)22/h5,15-17H,2-4,6-13H2,1H3/t15-,16+,17+,19+,20-/m1/s1. The third-order valence-electron chi connectivity index (χ3n) is 8.00. The summed E-state index contributed by atoms with van der Waals surface area (Å²) in [5.41, 5.74) is 1.81. The second-order valence-electron chi connectivity index (χ2n) is 8.56. The number of halogens is 1. The summed E-state index contributed by atoms with van der Waals surface area (Å²) in [4.78, 5) is 12.6. The average Bonchev–Trinajstić information content (AvgIpc) is 2.84. The summed E-state index contributed by atoms with van der Waals surface area (Å²) in [7, 11) is 0. The van der Waals surface area contributed by atoms with Crippen LogP contribution in [0.5, 0.6) is 0 Å². The van der Waals surface area contributed by atoms with Crippen molar-refractivity contribution in [2.45, 2.75) is 71.1 Å². The van der Waals surface area contributed by atoms with Gasteiger partial charge in [0.15, 0.2) is 0 Å². The van der Waals surface area contributed by atoms with Crippen LogP contribution in [-0.2, 0) is 4.79 Å². The van der Waals surface area contributed by atoms with E-state index in [0.717, 1.165) is 31.6 Å². The Labute approximate surface area is 133 Å². The van der Waals surface area contributed by atoms with E-state index in [0.29, 0.717) is 35.9 Å². The van der Waals surface area contributed by atoms with Crippen LogP contribution in [0.4, 0.5) is 4.39 Å². The number of carbonyl (C=O) groups excluding carboxylic acids is 1. The van der Waals surface area contributed by atoms with Crippen LogP contribution in [0.1, 0.15) is 71.1 Å². The Morgan fingerprint density at radius 1 is 1.18 bits per heavy atom. The molecule has 0 aromatic rings. The zero-order valence-corrected chi connectivity index (χ0v) is 13.9. The molecule has 122 valence electrons. The fourth-order valence-electron chi connectivity index (χ4n) is 6.90. The lowest BCUT2D eigenvalue weighted by molar-refractivity contribution is -0.134. The highest BCUT2D eigenvalue weighted by atomic mass is 19.1. The van der Waals surface area contributed by atoms with Crippen molar-refractivity contribution in [2.75, 3.05) is 6.67 Å². The Morgan fingerprint density at radius 3 is 2.86 bits per heavy atom. The Kier molecular flexibility index (Phi) is 3.51. The van der Waals surface area contributed by atoms with Crippen LogP contribution in [0.2, 0.25) is 0 Å². The molecule has 2 heteroatoms. The first-order valence-corrected chi connectivity index (χ1v) is 9.40. The number of ketones is 1. The molecule has 0 saturated heterocycles. The van der Waals surface area contributed by atoms with Gasteiger partial charge in [0, 0.05) is 11.8 Å². The second kappa shape index (κ2) is 5.18. The Bertz CT molecular complexity index is 510. The number of Topliss-reactive ketones (excluding diaryl/α,β-unsaturated/α-hetero) is 1. The molecule has 0 amide bonds. The van der Waals surface area contributed by atoms with Crippen molar-refractivity contribution in [3.63, 3.8) is 0 Å². The minimum absolute atomic E-state index is 0.285. The molecule has 0 aliphatic heterocycles. The number of hydrogen-bond donors (Lipinski definition) is 0. The number of fused-ring (bicyclic) bond motifs is 5. The number of hydrogen-bond acceptors (Lipinski definition) is 1. The molecule has 22 heavy (non-hydrogen) atoms. The molecule has 3 saturated carbocycles. The molecule has 0 bridgehead atoms. The van der Waals surface area contributed by atoms with Gasteiger partial charge >= 0.3 is 0 Å². The van der Waals surface area contributed by atoms with Gasteiger partial charge in [0.05, 0.1) is 6.67 Å². The lowest BCUT2D eigenvalue weighted by Crippen LogP contribution is -2.50. The van der Waals surface area contributed by atoms with Crippen LogP contribution < -0.4 is 0 Å². The van der Waals surface area contributed by atoms with E-state index in [4.69, 9.17) is 0 Å². The topological polar surface area (TPSA) is 17.1 Å². The van der Waals surface area contributed by atoms with Crippen molar-refractivity contribution in [3.05, 3.63) is 11.6 Å². The Balaban J connectivity index is 1.69. The summed E-state index contributed by atoms with van der Waals surface area (Å²) in [6.07, 6.45) is 13.4. The summed E-state index contributed by atoms with van der Waals surface area (Å²) in [5, 5.41) is 0. The fourth-order valence-corrected chi connectivity index (χ4v) is 6.90. The van der Waals surface area contributed by atoms with Crippen LogP contribution in [0, 0.1) is 28.6 Å². The zero-order chi connectivity index (χ0) is 15.4. The summed E-state index contributed by atoms with van der Waals surface area (Å²) in [6.45, 7) is 2.17. The molecular weight excluding hydrogens is 275 g/mol. The van der Waals surface area contributed by atoms with Gasteiger partial charge in [-0.25, -0.2) is 0 Å². The lowest BCUT2D eigenvalue weighted by Gasteiger charge is -2.57. The largest absolute Gasteiger partial charge is 0.299 e. The van der Waals surface area contributed by atoms with E-state index in [1.165, 1.54) is 25.7 Å². The summed E-state index contributed by atoms with van der Waals surface area (Å²) < 4.78 is 13.2. The SMILES string of the molecule is C[C@]12CCCCC1=CC[C@H]1[C@@H]3CCC(=O)[C@@]3(CCF)CC[C@@H]12.